The van der Waals surface area contributed by atoms with Gasteiger partial charge >= 0.3 is 5.97 Å². The highest BCUT2D eigenvalue weighted by Gasteiger charge is 2.38. The van der Waals surface area contributed by atoms with Gasteiger partial charge in [-0.1, -0.05) is 72.4 Å². The van der Waals surface area contributed by atoms with Crippen molar-refractivity contribution in [2.45, 2.75) is 29.8 Å². The van der Waals surface area contributed by atoms with Gasteiger partial charge in [0.2, 0.25) is 5.16 Å². The van der Waals surface area contributed by atoms with Crippen molar-refractivity contribution in [2.24, 2.45) is 0 Å². The molecular formula is C20H20N4O2S. The summed E-state index contributed by atoms with van der Waals surface area (Å²) in [7, 11) is 0. The molecule has 0 aliphatic carbocycles. The zero-order valence-electron chi connectivity index (χ0n) is 14.9. The van der Waals surface area contributed by atoms with Crippen LogP contribution in [0.5, 0.6) is 0 Å². The number of rotatable bonds is 5. The van der Waals surface area contributed by atoms with Crippen LogP contribution in [0.2, 0.25) is 0 Å². The summed E-state index contributed by atoms with van der Waals surface area (Å²) in [4.78, 5) is 12.5. The summed E-state index contributed by atoms with van der Waals surface area (Å²) in [6.45, 7) is 2.17. The van der Waals surface area contributed by atoms with Crippen molar-refractivity contribution in [3.8, 4) is 0 Å². The molecule has 7 heteroatoms. The molecule has 6 nitrogen and oxygen atoms in total. The molecule has 0 bridgehead atoms. The molecule has 138 valence electrons. The first-order chi connectivity index (χ1) is 13.3. The Hall–Kier alpha value is -2.80. The molecule has 1 N–H and O–H groups in total. The third-order valence-corrected chi connectivity index (χ3v) is 5.58. The quantitative estimate of drug-likeness (QED) is 0.686. The molecule has 0 fully saturated rings. The van der Waals surface area contributed by atoms with Crippen molar-refractivity contribution in [2.75, 3.05) is 12.0 Å². The van der Waals surface area contributed by atoms with Gasteiger partial charge in [-0.05, 0) is 18.1 Å². The molecule has 0 amide bonds. The normalized spacial score (nSPS) is 18.4. The van der Waals surface area contributed by atoms with Crippen molar-refractivity contribution in [1.82, 2.24) is 14.9 Å². The summed E-state index contributed by atoms with van der Waals surface area (Å²) in [5, 5.41) is 8.87. The van der Waals surface area contributed by atoms with E-state index in [9.17, 15) is 4.79 Å². The van der Waals surface area contributed by atoms with E-state index in [0.29, 0.717) is 18.2 Å². The van der Waals surface area contributed by atoms with Gasteiger partial charge in [-0.25, -0.2) is 4.68 Å². The Balaban J connectivity index is 1.67. The van der Waals surface area contributed by atoms with Crippen LogP contribution in [0.25, 0.3) is 0 Å². The molecule has 27 heavy (non-hydrogen) atoms. The van der Waals surface area contributed by atoms with Crippen LogP contribution in [0.15, 0.2) is 65.8 Å². The monoisotopic (exact) mass is 380 g/mol. The van der Waals surface area contributed by atoms with Gasteiger partial charge in [0, 0.05) is 6.42 Å². The number of hydrogen-bond acceptors (Lipinski definition) is 6. The highest BCUT2D eigenvalue weighted by Crippen LogP contribution is 2.37. The van der Waals surface area contributed by atoms with E-state index in [4.69, 9.17) is 4.74 Å². The standard InChI is InChI=1S/C20H20N4O2S/c1-2-26-19(25)18-17(15-11-7-4-8-12-15)23-24-16(21-22-20(24)27-18)13-14-9-5-3-6-10-14/h3-12,17-18,23H,2,13H2,1H3. The lowest BCUT2D eigenvalue weighted by Crippen LogP contribution is -2.40. The minimum Gasteiger partial charge on any atom is -0.465 e. The molecule has 0 saturated carbocycles. The van der Waals surface area contributed by atoms with Crippen LogP contribution < -0.4 is 5.43 Å². The number of carbonyl (C=O) groups is 1. The number of nitrogens with zero attached hydrogens (tertiary/aromatic N) is 3. The van der Waals surface area contributed by atoms with Gasteiger partial charge in [-0.3, -0.25) is 4.79 Å². The summed E-state index contributed by atoms with van der Waals surface area (Å²) >= 11 is 1.39. The molecule has 2 aromatic carbocycles. The maximum absolute atomic E-state index is 12.5. The highest BCUT2D eigenvalue weighted by molar-refractivity contribution is 8.00. The average molecular weight is 380 g/mol. The molecule has 3 aromatic rings. The summed E-state index contributed by atoms with van der Waals surface area (Å²) < 4.78 is 7.19. The molecule has 0 saturated heterocycles. The van der Waals surface area contributed by atoms with Gasteiger partial charge in [-0.2, -0.15) is 0 Å². The number of esters is 1. The number of hydrogen-bond donors (Lipinski definition) is 1. The Bertz CT molecular complexity index is 914. The van der Waals surface area contributed by atoms with E-state index in [-0.39, 0.29) is 12.0 Å². The van der Waals surface area contributed by atoms with Crippen molar-refractivity contribution in [3.63, 3.8) is 0 Å². The first-order valence-corrected chi connectivity index (χ1v) is 9.77. The molecule has 2 atom stereocenters. The van der Waals surface area contributed by atoms with Crippen molar-refractivity contribution in [3.05, 3.63) is 77.6 Å². The van der Waals surface area contributed by atoms with E-state index < -0.39 is 5.25 Å². The Morgan fingerprint density at radius 1 is 1.11 bits per heavy atom. The topological polar surface area (TPSA) is 69.0 Å². The van der Waals surface area contributed by atoms with Crippen LogP contribution in [-0.4, -0.2) is 32.7 Å². The first-order valence-electron chi connectivity index (χ1n) is 8.89. The number of carbonyl (C=O) groups excluding carboxylic acids is 1. The molecule has 2 unspecified atom stereocenters. The zero-order chi connectivity index (χ0) is 18.6. The van der Waals surface area contributed by atoms with Crippen molar-refractivity contribution in [1.29, 1.82) is 0 Å². The number of thioether (sulfide) groups is 1. The maximum Gasteiger partial charge on any atom is 0.322 e. The lowest BCUT2D eigenvalue weighted by Gasteiger charge is -2.32. The first kappa shape index (κ1) is 17.6. The Kier molecular flexibility index (Phi) is 5.11. The Morgan fingerprint density at radius 2 is 1.81 bits per heavy atom. The SMILES string of the molecule is CCOC(=O)C1Sc2nnc(Cc3ccccc3)n2NC1c1ccccc1. The fourth-order valence-corrected chi connectivity index (χ4v) is 4.20. The van der Waals surface area contributed by atoms with Crippen LogP contribution in [0.1, 0.15) is 29.9 Å². The number of benzene rings is 2. The smallest absolute Gasteiger partial charge is 0.322 e. The van der Waals surface area contributed by atoms with E-state index in [2.05, 4.69) is 27.8 Å². The fraction of sp³-hybridized carbons (Fsp3) is 0.250. The molecular weight excluding hydrogens is 360 g/mol. The predicted molar refractivity (Wildman–Crippen MR) is 104 cm³/mol. The fourth-order valence-electron chi connectivity index (χ4n) is 3.11. The minimum atomic E-state index is -0.423. The van der Waals surface area contributed by atoms with Gasteiger partial charge in [0.05, 0.1) is 12.6 Å². The molecule has 2 heterocycles. The number of aromatic nitrogens is 3. The van der Waals surface area contributed by atoms with Gasteiger partial charge in [0.25, 0.3) is 0 Å². The van der Waals surface area contributed by atoms with Crippen molar-refractivity contribution < 1.29 is 9.53 Å². The van der Waals surface area contributed by atoms with Crippen LogP contribution in [0, 0.1) is 0 Å². The highest BCUT2D eigenvalue weighted by atomic mass is 32.2. The van der Waals surface area contributed by atoms with E-state index >= 15 is 0 Å². The third-order valence-electron chi connectivity index (χ3n) is 4.39. The zero-order valence-corrected chi connectivity index (χ0v) is 15.7. The largest absolute Gasteiger partial charge is 0.465 e. The van der Waals surface area contributed by atoms with Gasteiger partial charge < -0.3 is 10.2 Å². The van der Waals surface area contributed by atoms with E-state index in [0.717, 1.165) is 17.0 Å². The second-order valence-corrected chi connectivity index (χ2v) is 7.31. The third kappa shape index (κ3) is 3.68. The molecule has 1 aliphatic rings. The van der Waals surface area contributed by atoms with Gasteiger partial charge in [-0.15, -0.1) is 10.2 Å². The van der Waals surface area contributed by atoms with Crippen molar-refractivity contribution >= 4 is 17.7 Å². The second-order valence-electron chi connectivity index (χ2n) is 6.20. The Labute approximate surface area is 161 Å². The van der Waals surface area contributed by atoms with Gasteiger partial charge in [0.1, 0.15) is 5.25 Å². The van der Waals surface area contributed by atoms with E-state index in [1.165, 1.54) is 11.8 Å². The van der Waals surface area contributed by atoms with E-state index in [1.807, 2.05) is 60.1 Å². The number of nitrogens with one attached hydrogen (secondary N) is 1. The number of fused-ring (bicyclic) bond motifs is 1. The number of ether oxygens (including phenoxy) is 1. The van der Waals surface area contributed by atoms with Crippen LogP contribution in [0.3, 0.4) is 0 Å². The predicted octanol–water partition coefficient (Wildman–Crippen LogP) is 3.19. The van der Waals surface area contributed by atoms with Crippen LogP contribution >= 0.6 is 11.8 Å². The molecule has 0 radical (unpaired) electrons. The summed E-state index contributed by atoms with van der Waals surface area (Å²) in [6.07, 6.45) is 0.660. The van der Waals surface area contributed by atoms with E-state index in [1.54, 1.807) is 0 Å². The molecule has 1 aliphatic heterocycles. The average Bonchev–Trinajstić information content (AvgIpc) is 3.10. The summed E-state index contributed by atoms with van der Waals surface area (Å²) in [6, 6.07) is 19.8. The van der Waals surface area contributed by atoms with Gasteiger partial charge in [0.15, 0.2) is 5.82 Å². The molecule has 4 rings (SSSR count). The summed E-state index contributed by atoms with van der Waals surface area (Å²) in [5.74, 6) is 0.564. The van der Waals surface area contributed by atoms with Crippen LogP contribution in [-0.2, 0) is 16.0 Å². The lowest BCUT2D eigenvalue weighted by atomic mass is 10.0. The molecule has 1 aromatic heterocycles. The van der Waals surface area contributed by atoms with Crippen LogP contribution in [0.4, 0.5) is 0 Å². The lowest BCUT2D eigenvalue weighted by molar-refractivity contribution is -0.142. The minimum absolute atomic E-state index is 0.228. The maximum atomic E-state index is 12.5. The Morgan fingerprint density at radius 3 is 2.52 bits per heavy atom. The molecule has 0 spiro atoms. The summed E-state index contributed by atoms with van der Waals surface area (Å²) in [5.41, 5.74) is 5.62. The second kappa shape index (κ2) is 7.84.